The number of para-hydroxylation sites is 1. The molecule has 0 unspecified atom stereocenters. The number of alkyl halides is 3. The average Bonchev–Trinajstić information content (AvgIpc) is 2.91. The molecule has 0 spiro atoms. The van der Waals surface area contributed by atoms with Crippen LogP contribution in [0.4, 0.5) is 24.5 Å². The normalized spacial score (nSPS) is 11.3. The van der Waals surface area contributed by atoms with E-state index < -0.39 is 11.9 Å². The lowest BCUT2D eigenvalue weighted by molar-refractivity contribution is -0.104. The number of benzene rings is 2. The zero-order valence-corrected chi connectivity index (χ0v) is 24.1. The predicted molar refractivity (Wildman–Crippen MR) is 163 cm³/mol. The number of aryl methyl sites for hydroxylation is 1. The van der Waals surface area contributed by atoms with Gasteiger partial charge in [-0.1, -0.05) is 69.3 Å². The highest BCUT2D eigenvalue weighted by molar-refractivity contribution is 5.84. The molecule has 40 heavy (non-hydrogen) atoms. The Morgan fingerprint density at radius 2 is 1.70 bits per heavy atom. The number of hydrogen-bond acceptors (Lipinski definition) is 5. The maximum absolute atomic E-state index is 11.0. The van der Waals surface area contributed by atoms with E-state index in [0.29, 0.717) is 12.6 Å². The number of nitrogen functional groups attached to an aromatic ring is 1. The molecule has 0 radical (unpaired) electrons. The average molecular weight is 558 g/mol. The summed E-state index contributed by atoms with van der Waals surface area (Å²) in [5.41, 5.74) is 9.60. The summed E-state index contributed by atoms with van der Waals surface area (Å²) in [6.07, 6.45) is 14.6. The lowest BCUT2D eigenvalue weighted by Gasteiger charge is -2.23. The molecule has 5 N–H and O–H groups in total. The second kappa shape index (κ2) is 19.8. The molecule has 0 saturated carbocycles. The number of hydrogen-bond donors (Lipinski definition) is 4. The molecule has 5 nitrogen and oxygen atoms in total. The van der Waals surface area contributed by atoms with Gasteiger partial charge in [-0.3, -0.25) is 4.79 Å². The van der Waals surface area contributed by atoms with Crippen LogP contribution in [-0.4, -0.2) is 29.8 Å². The van der Waals surface area contributed by atoms with Crippen LogP contribution in [0.1, 0.15) is 52.2 Å². The third-order valence-electron chi connectivity index (χ3n) is 5.63. The van der Waals surface area contributed by atoms with Crippen LogP contribution in [0.2, 0.25) is 0 Å². The van der Waals surface area contributed by atoms with Crippen LogP contribution in [0.5, 0.6) is 5.75 Å². The number of phenolic OH excluding ortho intramolecular Hbond substituents is 1. The summed E-state index contributed by atoms with van der Waals surface area (Å²) < 4.78 is 32.9. The number of allylic oxidation sites excluding steroid dienone is 4. The van der Waals surface area contributed by atoms with Gasteiger partial charge < -0.3 is 21.6 Å². The van der Waals surface area contributed by atoms with Gasteiger partial charge in [-0.25, -0.2) is 0 Å². The summed E-state index contributed by atoms with van der Waals surface area (Å²) >= 11 is 0. The number of aromatic hydroxyl groups is 1. The lowest BCUT2D eigenvalue weighted by Crippen LogP contribution is -2.17. The Morgan fingerprint density at radius 1 is 1.12 bits per heavy atom. The van der Waals surface area contributed by atoms with Gasteiger partial charge >= 0.3 is 6.18 Å². The smallest absolute Gasteiger partial charge is 0.428 e. The second-order valence-corrected chi connectivity index (χ2v) is 9.06. The van der Waals surface area contributed by atoms with Gasteiger partial charge in [0.25, 0.3) is 0 Å². The van der Waals surface area contributed by atoms with Crippen molar-refractivity contribution in [3.8, 4) is 18.6 Å². The van der Waals surface area contributed by atoms with Crippen molar-refractivity contribution in [1.29, 1.82) is 5.41 Å². The molecule has 218 valence electrons. The zero-order valence-electron chi connectivity index (χ0n) is 24.1. The van der Waals surface area contributed by atoms with Crippen molar-refractivity contribution in [3.63, 3.8) is 0 Å². The number of phenols is 1. The van der Waals surface area contributed by atoms with Crippen LogP contribution in [0.25, 0.3) is 0 Å². The van der Waals surface area contributed by atoms with Gasteiger partial charge in [-0.15, -0.1) is 12.8 Å². The van der Waals surface area contributed by atoms with E-state index in [-0.39, 0.29) is 11.2 Å². The minimum absolute atomic E-state index is 0.127. The van der Waals surface area contributed by atoms with Crippen LogP contribution in [-0.2, 0) is 10.2 Å². The molecule has 0 aliphatic heterocycles. The topological polar surface area (TPSA) is 99.2 Å². The Morgan fingerprint density at radius 3 is 2.15 bits per heavy atom. The van der Waals surface area contributed by atoms with Crippen LogP contribution < -0.4 is 11.1 Å². The van der Waals surface area contributed by atoms with Crippen LogP contribution in [0.3, 0.4) is 0 Å². The van der Waals surface area contributed by atoms with Crippen molar-refractivity contribution in [2.45, 2.75) is 59.6 Å². The SMILES string of the molecule is C#C.CC(=N)C(F)(F)F.CCC(C)(C)c1ccc(O)c(N)c1.C\C=C/C(=C\C=C\C=O)CNc1ccccc1C. The van der Waals surface area contributed by atoms with Gasteiger partial charge in [0.1, 0.15) is 17.7 Å². The Bertz CT molecular complexity index is 1160. The van der Waals surface area contributed by atoms with Gasteiger partial charge in [-0.2, -0.15) is 13.2 Å². The first-order valence-electron chi connectivity index (χ1n) is 12.5. The fourth-order valence-corrected chi connectivity index (χ4v) is 2.76. The molecular weight excluding hydrogens is 515 g/mol. The quantitative estimate of drug-likeness (QED) is 0.0500. The Labute approximate surface area is 237 Å². The highest BCUT2D eigenvalue weighted by Gasteiger charge is 2.29. The first-order valence-corrected chi connectivity index (χ1v) is 12.5. The van der Waals surface area contributed by atoms with Crippen molar-refractivity contribution in [2.24, 2.45) is 0 Å². The summed E-state index contributed by atoms with van der Waals surface area (Å²) in [5.74, 6) is 0.163. The summed E-state index contributed by atoms with van der Waals surface area (Å²) in [6.45, 7) is 12.0. The minimum Gasteiger partial charge on any atom is -0.506 e. The van der Waals surface area contributed by atoms with E-state index in [0.717, 1.165) is 30.5 Å². The number of anilines is 2. The molecule has 0 amide bonds. The molecule has 0 aromatic heterocycles. The van der Waals surface area contributed by atoms with Gasteiger partial charge in [0.05, 0.1) is 5.69 Å². The maximum Gasteiger partial charge on any atom is 0.428 e. The van der Waals surface area contributed by atoms with Crippen molar-refractivity contribution < 1.29 is 23.1 Å². The van der Waals surface area contributed by atoms with Gasteiger partial charge in [0.2, 0.25) is 0 Å². The molecule has 8 heteroatoms. The molecule has 2 aromatic carbocycles. The van der Waals surface area contributed by atoms with E-state index in [2.05, 4.69) is 58.0 Å². The molecule has 0 aliphatic rings. The molecule has 2 rings (SSSR count). The highest BCUT2D eigenvalue weighted by atomic mass is 19.4. The van der Waals surface area contributed by atoms with E-state index in [4.69, 9.17) is 11.1 Å². The number of nitrogens with one attached hydrogen (secondary N) is 2. The van der Waals surface area contributed by atoms with E-state index in [1.54, 1.807) is 12.1 Å². The lowest BCUT2D eigenvalue weighted by atomic mass is 9.82. The number of carbonyl (C=O) groups excluding carboxylic acids is 1. The first kappa shape index (κ1) is 37.9. The number of carbonyl (C=O) groups is 1. The van der Waals surface area contributed by atoms with Crippen molar-refractivity contribution in [2.75, 3.05) is 17.6 Å². The largest absolute Gasteiger partial charge is 0.506 e. The third kappa shape index (κ3) is 15.9. The number of aldehydes is 1. The number of rotatable bonds is 8. The van der Waals surface area contributed by atoms with E-state index in [1.807, 2.05) is 49.4 Å². The Kier molecular flexibility index (Phi) is 18.7. The number of halogens is 3. The van der Waals surface area contributed by atoms with Crippen molar-refractivity contribution >= 4 is 23.4 Å². The molecule has 0 atom stereocenters. The molecule has 2 aromatic rings. The molecule has 0 heterocycles. The Hall–Kier alpha value is -4.25. The predicted octanol–water partition coefficient (Wildman–Crippen LogP) is 8.16. The van der Waals surface area contributed by atoms with Gasteiger partial charge in [0.15, 0.2) is 0 Å². The molecule has 0 fully saturated rings. The number of nitrogens with two attached hydrogens (primary N) is 1. The standard InChI is InChI=1S/C16H19NO.C11H17NO.C3H4F3N.C2H2/c1-3-8-15(10-6-7-12-18)13-17-16-11-5-4-9-14(16)2;1-4-11(2,3)8-5-6-10(13)9(12)7-8;1-2(7)3(4,5)6;1-2/h3-12,17H,13H2,1-2H3;5-7,13H,4,12H2,1-3H3;7H,1H3;1-2H/b7-6+,8-3-,15-10+;;;. The second-order valence-electron chi connectivity index (χ2n) is 9.06. The van der Waals surface area contributed by atoms with Gasteiger partial charge in [-0.05, 0) is 73.6 Å². The molecule has 0 bridgehead atoms. The fraction of sp³-hybridized carbons (Fsp3) is 0.312. The molecule has 0 aliphatic carbocycles. The summed E-state index contributed by atoms with van der Waals surface area (Å²) in [5, 5.41) is 18.7. The summed E-state index contributed by atoms with van der Waals surface area (Å²) in [7, 11) is 0. The van der Waals surface area contributed by atoms with E-state index in [9.17, 15) is 23.1 Å². The highest BCUT2D eigenvalue weighted by Crippen LogP contribution is 2.31. The summed E-state index contributed by atoms with van der Waals surface area (Å²) in [4.78, 5) is 10.2. The van der Waals surface area contributed by atoms with E-state index in [1.165, 1.54) is 17.2 Å². The van der Waals surface area contributed by atoms with Crippen molar-refractivity contribution in [3.05, 3.63) is 89.5 Å². The number of terminal acetylenes is 1. The summed E-state index contributed by atoms with van der Waals surface area (Å²) in [6, 6.07) is 13.6. The van der Waals surface area contributed by atoms with Crippen LogP contribution >= 0.6 is 0 Å². The molecular formula is C32H42F3N3O2. The zero-order chi connectivity index (χ0) is 31.4. The maximum atomic E-state index is 11.0. The Balaban J connectivity index is 0. The molecule has 0 saturated heterocycles. The fourth-order valence-electron chi connectivity index (χ4n) is 2.76. The third-order valence-corrected chi connectivity index (χ3v) is 5.63. The monoisotopic (exact) mass is 557 g/mol. The first-order chi connectivity index (χ1) is 18.7. The van der Waals surface area contributed by atoms with Gasteiger partial charge in [0, 0.05) is 12.2 Å². The minimum atomic E-state index is -4.42. The van der Waals surface area contributed by atoms with Crippen LogP contribution in [0, 0.1) is 25.2 Å². The van der Waals surface area contributed by atoms with Crippen molar-refractivity contribution in [1.82, 2.24) is 0 Å². The van der Waals surface area contributed by atoms with E-state index >= 15 is 0 Å². The van der Waals surface area contributed by atoms with Crippen LogP contribution in [0.15, 0.2) is 78.4 Å².